The Hall–Kier alpha value is -3.69. The van der Waals surface area contributed by atoms with Gasteiger partial charge in [0.1, 0.15) is 11.4 Å². The monoisotopic (exact) mass is 424 g/mol. The molecule has 31 heavy (non-hydrogen) atoms. The van der Waals surface area contributed by atoms with Gasteiger partial charge in [0.05, 0.1) is 17.4 Å². The molecule has 1 unspecified atom stereocenters. The van der Waals surface area contributed by atoms with Crippen molar-refractivity contribution >= 4 is 23.0 Å². The van der Waals surface area contributed by atoms with E-state index in [0.29, 0.717) is 0 Å². The van der Waals surface area contributed by atoms with E-state index in [4.69, 9.17) is 0 Å². The minimum absolute atomic E-state index is 0.0443. The fourth-order valence-electron chi connectivity index (χ4n) is 4.01. The number of fused-ring (bicyclic) bond motifs is 1. The Kier molecular flexibility index (Phi) is 4.60. The van der Waals surface area contributed by atoms with Crippen molar-refractivity contribution < 1.29 is 9.90 Å². The first-order valence-corrected chi connectivity index (χ1v) is 9.80. The molecule has 2 aromatic heterocycles. The Bertz CT molecular complexity index is 1270. The third-order valence-electron chi connectivity index (χ3n) is 5.64. The van der Waals surface area contributed by atoms with E-state index in [1.54, 1.807) is 4.68 Å². The lowest BCUT2D eigenvalue weighted by Crippen LogP contribution is -2.39. The van der Waals surface area contributed by atoms with Gasteiger partial charge in [0.25, 0.3) is 16.8 Å². The molecule has 0 fully saturated rings. The average molecular weight is 424 g/mol. The Labute approximate surface area is 178 Å². The Balaban J connectivity index is 1.67. The van der Waals surface area contributed by atoms with Gasteiger partial charge in [0.2, 0.25) is 0 Å². The number of nitrogens with zero attached hydrogens (tertiary/aromatic N) is 4. The maximum absolute atomic E-state index is 12.4. The molecule has 2 heterocycles. The summed E-state index contributed by atoms with van der Waals surface area (Å²) in [6.07, 6.45) is 3.99. The lowest BCUT2D eigenvalue weighted by molar-refractivity contribution is 0.0819. The van der Waals surface area contributed by atoms with E-state index >= 15 is 0 Å². The van der Waals surface area contributed by atoms with Crippen molar-refractivity contribution in [1.82, 2.24) is 19.7 Å². The number of aryl methyl sites for hydroxylation is 1. The molecule has 1 aromatic carbocycles. The highest BCUT2D eigenvalue weighted by molar-refractivity contribution is 5.97. The maximum Gasteiger partial charge on any atom is 0.275 e. The first-order chi connectivity index (χ1) is 14.5. The van der Waals surface area contributed by atoms with E-state index in [1.807, 2.05) is 13.2 Å². The van der Waals surface area contributed by atoms with E-state index < -0.39 is 22.5 Å². The van der Waals surface area contributed by atoms with Gasteiger partial charge in [-0.3, -0.25) is 19.1 Å². The quantitative estimate of drug-likeness (QED) is 0.523. The zero-order valence-electron chi connectivity index (χ0n) is 18.0. The third kappa shape index (κ3) is 3.24. The minimum Gasteiger partial charge on any atom is -0.504 e. The number of nitrogens with one attached hydrogen (secondary N) is 2. The molecule has 0 bridgehead atoms. The molecule has 0 saturated carbocycles. The topological polar surface area (TPSA) is 129 Å². The highest BCUT2D eigenvalue weighted by Crippen LogP contribution is 2.47. The summed E-state index contributed by atoms with van der Waals surface area (Å²) >= 11 is 0. The first kappa shape index (κ1) is 20.6. The van der Waals surface area contributed by atoms with Crippen LogP contribution in [0.25, 0.3) is 0 Å². The molecule has 10 heteroatoms. The van der Waals surface area contributed by atoms with Gasteiger partial charge in [-0.25, -0.2) is 4.98 Å². The van der Waals surface area contributed by atoms with Crippen molar-refractivity contribution in [2.75, 3.05) is 24.7 Å². The van der Waals surface area contributed by atoms with E-state index in [1.165, 1.54) is 31.3 Å². The molecule has 1 amide bonds. The summed E-state index contributed by atoms with van der Waals surface area (Å²) in [6.45, 7) is 4.14. The van der Waals surface area contributed by atoms with Gasteiger partial charge in [-0.1, -0.05) is 13.8 Å². The van der Waals surface area contributed by atoms with Crippen molar-refractivity contribution in [2.24, 2.45) is 12.5 Å². The molecule has 0 saturated heterocycles. The van der Waals surface area contributed by atoms with Crippen molar-refractivity contribution in [3.63, 3.8) is 0 Å². The smallest absolute Gasteiger partial charge is 0.275 e. The number of carbonyl (C=O) groups excluding carboxylic acids is 1. The zero-order chi connectivity index (χ0) is 22.7. The van der Waals surface area contributed by atoms with E-state index in [0.717, 1.165) is 17.7 Å². The van der Waals surface area contributed by atoms with Crippen molar-refractivity contribution in [1.29, 1.82) is 0 Å². The second kappa shape index (κ2) is 6.93. The van der Waals surface area contributed by atoms with Crippen LogP contribution in [-0.2, 0) is 13.5 Å². The normalized spacial score (nSPS) is 16.9. The SMILES string of the molecule is CN(C)C(=O)c1nccc(Nc2c(NC3c4cn(C)nc4CC3(C)C)c(=O)c2=O)c1O. The molecule has 10 nitrogen and oxygen atoms in total. The average Bonchev–Trinajstić information content (AvgIpc) is 3.16. The lowest BCUT2D eigenvalue weighted by Gasteiger charge is -2.30. The summed E-state index contributed by atoms with van der Waals surface area (Å²) in [5, 5.41) is 21.0. The molecular weight excluding hydrogens is 400 g/mol. The number of amides is 1. The molecule has 0 aliphatic heterocycles. The fourth-order valence-corrected chi connectivity index (χ4v) is 4.01. The minimum atomic E-state index is -0.693. The predicted octanol–water partition coefficient (Wildman–Crippen LogP) is 1.30. The molecule has 3 aromatic rings. The first-order valence-electron chi connectivity index (χ1n) is 9.80. The largest absolute Gasteiger partial charge is 0.504 e. The zero-order valence-corrected chi connectivity index (χ0v) is 18.0. The molecule has 0 spiro atoms. The Morgan fingerprint density at radius 1 is 1.26 bits per heavy atom. The Morgan fingerprint density at radius 2 is 1.94 bits per heavy atom. The maximum atomic E-state index is 12.4. The van der Waals surface area contributed by atoms with E-state index in [2.05, 4.69) is 34.6 Å². The number of carbonyl (C=O) groups is 1. The van der Waals surface area contributed by atoms with Gasteiger partial charge < -0.3 is 20.6 Å². The van der Waals surface area contributed by atoms with Crippen molar-refractivity contribution in [2.45, 2.75) is 26.3 Å². The summed E-state index contributed by atoms with van der Waals surface area (Å²) < 4.78 is 1.73. The molecule has 1 aliphatic carbocycles. The highest BCUT2D eigenvalue weighted by Gasteiger charge is 2.42. The van der Waals surface area contributed by atoms with Crippen LogP contribution in [0.4, 0.5) is 17.1 Å². The highest BCUT2D eigenvalue weighted by atomic mass is 16.3. The molecule has 4 rings (SSSR count). The van der Waals surface area contributed by atoms with Gasteiger partial charge in [-0.05, 0) is 17.9 Å². The predicted molar refractivity (Wildman–Crippen MR) is 116 cm³/mol. The van der Waals surface area contributed by atoms with Crippen LogP contribution in [-0.4, -0.2) is 44.8 Å². The van der Waals surface area contributed by atoms with Gasteiger partial charge in [-0.15, -0.1) is 0 Å². The van der Waals surface area contributed by atoms with Gasteiger partial charge in [-0.2, -0.15) is 5.10 Å². The van der Waals surface area contributed by atoms with Crippen LogP contribution in [0.1, 0.15) is 41.6 Å². The van der Waals surface area contributed by atoms with Crippen molar-refractivity contribution in [3.05, 3.63) is 55.9 Å². The molecule has 162 valence electrons. The summed E-state index contributed by atoms with van der Waals surface area (Å²) in [6, 6.07) is 1.22. The van der Waals surface area contributed by atoms with Crippen LogP contribution >= 0.6 is 0 Å². The number of aromatic nitrogens is 3. The molecule has 1 aliphatic rings. The number of hydrogen-bond acceptors (Lipinski definition) is 8. The number of aromatic hydroxyl groups is 1. The lowest BCUT2D eigenvalue weighted by atomic mass is 9.85. The van der Waals surface area contributed by atoms with Crippen LogP contribution in [0.15, 0.2) is 28.0 Å². The van der Waals surface area contributed by atoms with Gasteiger partial charge in [0.15, 0.2) is 11.4 Å². The number of pyridine rings is 1. The number of anilines is 3. The number of rotatable bonds is 5. The molecule has 1 atom stereocenters. The summed E-state index contributed by atoms with van der Waals surface area (Å²) in [7, 11) is 4.92. The van der Waals surface area contributed by atoms with Crippen LogP contribution < -0.4 is 21.5 Å². The van der Waals surface area contributed by atoms with Crippen LogP contribution in [0.2, 0.25) is 0 Å². The second-order valence-corrected chi connectivity index (χ2v) is 8.74. The standard InChI is InChI=1S/C21H24N6O4/c1-21(2)8-12-10(9-27(5)25-12)19(21)24-14-13(17(29)18(14)30)23-11-6-7-22-15(16(11)28)20(31)26(3)4/h6-7,9,19,24,28H,8H2,1-5H3,(H,22,23). The third-order valence-corrected chi connectivity index (χ3v) is 5.64. The van der Waals surface area contributed by atoms with E-state index in [-0.39, 0.29) is 34.2 Å². The Morgan fingerprint density at radius 3 is 2.61 bits per heavy atom. The summed E-state index contributed by atoms with van der Waals surface area (Å²) in [5.74, 6) is -0.878. The van der Waals surface area contributed by atoms with Crippen LogP contribution in [0.3, 0.4) is 0 Å². The van der Waals surface area contributed by atoms with Gasteiger partial charge in [0, 0.05) is 39.1 Å². The molecule has 0 radical (unpaired) electrons. The van der Waals surface area contributed by atoms with E-state index in [9.17, 15) is 19.5 Å². The molecule has 3 N–H and O–H groups in total. The fraction of sp³-hybridized carbons (Fsp3) is 0.381. The van der Waals surface area contributed by atoms with Crippen molar-refractivity contribution in [3.8, 4) is 5.75 Å². The van der Waals surface area contributed by atoms with Crippen LogP contribution in [0, 0.1) is 5.41 Å². The summed E-state index contributed by atoms with van der Waals surface area (Å²) in [5.41, 5.74) is 0.555. The number of hydrogen-bond donors (Lipinski definition) is 3. The summed E-state index contributed by atoms with van der Waals surface area (Å²) in [4.78, 5) is 42.1. The molecular formula is C21H24N6O4. The van der Waals surface area contributed by atoms with Crippen LogP contribution in [0.5, 0.6) is 5.75 Å². The van der Waals surface area contributed by atoms with Gasteiger partial charge >= 0.3 is 0 Å². The second-order valence-electron chi connectivity index (χ2n) is 8.74.